The molecule has 1 aromatic heterocycles. The van der Waals surface area contributed by atoms with E-state index in [1.807, 2.05) is 0 Å². The molecule has 0 unspecified atom stereocenters. The molecule has 0 bridgehead atoms. The minimum atomic E-state index is -1.35. The van der Waals surface area contributed by atoms with Crippen molar-refractivity contribution < 1.29 is 14.3 Å². The normalized spacial score (nSPS) is 11.5. The SMILES string of the molecule is CNc1nc(N(C(=O)OC(C)(C)C)c2ccc(Br)cc2)nc(OCC[Si](C)(C)C)c1C#N. The molecule has 0 saturated carbocycles. The van der Waals surface area contributed by atoms with Crippen molar-refractivity contribution in [1.29, 1.82) is 5.26 Å². The molecule has 0 aliphatic carbocycles. The first-order valence-electron chi connectivity index (χ1n) is 10.3. The highest BCUT2D eigenvalue weighted by Crippen LogP contribution is 2.31. The second-order valence-corrected chi connectivity index (χ2v) is 15.9. The van der Waals surface area contributed by atoms with Gasteiger partial charge in [-0.1, -0.05) is 35.6 Å². The van der Waals surface area contributed by atoms with Crippen LogP contribution in [0.25, 0.3) is 0 Å². The van der Waals surface area contributed by atoms with E-state index in [4.69, 9.17) is 9.47 Å². The highest BCUT2D eigenvalue weighted by molar-refractivity contribution is 9.10. The molecule has 1 amide bonds. The number of aromatic nitrogens is 2. The highest BCUT2D eigenvalue weighted by Gasteiger charge is 2.29. The monoisotopic (exact) mass is 519 g/mol. The van der Waals surface area contributed by atoms with E-state index in [9.17, 15) is 10.1 Å². The molecule has 0 atom stereocenters. The highest BCUT2D eigenvalue weighted by atomic mass is 79.9. The Morgan fingerprint density at radius 1 is 1.22 bits per heavy atom. The van der Waals surface area contributed by atoms with Crippen LogP contribution in [0.4, 0.5) is 22.2 Å². The van der Waals surface area contributed by atoms with Gasteiger partial charge >= 0.3 is 6.09 Å². The Bertz CT molecular complexity index is 995. The molecule has 0 aliphatic rings. The number of benzene rings is 1. The van der Waals surface area contributed by atoms with Crippen LogP contribution < -0.4 is 15.0 Å². The summed E-state index contributed by atoms with van der Waals surface area (Å²) in [7, 11) is 0.294. The van der Waals surface area contributed by atoms with Gasteiger partial charge < -0.3 is 14.8 Å². The smallest absolute Gasteiger partial charge is 0.421 e. The minimum absolute atomic E-state index is 0.0490. The number of nitrogens with one attached hydrogen (secondary N) is 1. The topological polar surface area (TPSA) is 100 Å². The van der Waals surface area contributed by atoms with E-state index in [0.717, 1.165) is 10.5 Å². The Balaban J connectivity index is 2.58. The summed E-state index contributed by atoms with van der Waals surface area (Å²) in [6.45, 7) is 12.5. The lowest BCUT2D eigenvalue weighted by Crippen LogP contribution is -2.35. The average Bonchev–Trinajstić information content (AvgIpc) is 2.67. The van der Waals surface area contributed by atoms with Gasteiger partial charge in [0.2, 0.25) is 11.8 Å². The number of amides is 1. The lowest BCUT2D eigenvalue weighted by Gasteiger charge is -2.27. The number of hydrogen-bond donors (Lipinski definition) is 1. The Labute approximate surface area is 199 Å². The van der Waals surface area contributed by atoms with Crippen LogP contribution >= 0.6 is 15.9 Å². The van der Waals surface area contributed by atoms with E-state index < -0.39 is 19.8 Å². The molecule has 10 heteroatoms. The molecule has 0 radical (unpaired) electrons. The predicted octanol–water partition coefficient (Wildman–Crippen LogP) is 5.94. The van der Waals surface area contributed by atoms with Gasteiger partial charge in [-0.15, -0.1) is 0 Å². The first-order valence-corrected chi connectivity index (χ1v) is 14.8. The third-order valence-corrected chi connectivity index (χ3v) is 6.40. The van der Waals surface area contributed by atoms with E-state index in [1.54, 1.807) is 52.1 Å². The van der Waals surface area contributed by atoms with Crippen molar-refractivity contribution in [3.05, 3.63) is 34.3 Å². The number of rotatable bonds is 7. The number of anilines is 3. The maximum atomic E-state index is 13.1. The molecular weight excluding hydrogens is 490 g/mol. The summed E-state index contributed by atoms with van der Waals surface area (Å²) in [5.74, 6) is 0.449. The maximum Gasteiger partial charge on any atom is 0.421 e. The quantitative estimate of drug-likeness (QED) is 0.451. The molecule has 32 heavy (non-hydrogen) atoms. The van der Waals surface area contributed by atoms with Crippen molar-refractivity contribution >= 4 is 47.6 Å². The zero-order valence-corrected chi connectivity index (χ0v) is 22.2. The van der Waals surface area contributed by atoms with Gasteiger partial charge in [0.1, 0.15) is 11.7 Å². The molecule has 0 saturated heterocycles. The molecule has 2 rings (SSSR count). The van der Waals surface area contributed by atoms with E-state index in [2.05, 4.69) is 56.9 Å². The van der Waals surface area contributed by atoms with Gasteiger partial charge in [0.15, 0.2) is 11.4 Å². The summed E-state index contributed by atoms with van der Waals surface area (Å²) >= 11 is 3.41. The minimum Gasteiger partial charge on any atom is -0.477 e. The molecule has 8 nitrogen and oxygen atoms in total. The number of hydrogen-bond acceptors (Lipinski definition) is 7. The molecular formula is C22H30BrN5O3Si. The van der Waals surface area contributed by atoms with Gasteiger partial charge in [0.25, 0.3) is 0 Å². The maximum absolute atomic E-state index is 13.1. The molecule has 0 fully saturated rings. The van der Waals surface area contributed by atoms with Gasteiger partial charge in [-0.05, 0) is 51.1 Å². The number of nitrogens with zero attached hydrogens (tertiary/aromatic N) is 4. The van der Waals surface area contributed by atoms with Gasteiger partial charge in [-0.2, -0.15) is 15.2 Å². The van der Waals surface area contributed by atoms with Gasteiger partial charge in [-0.3, -0.25) is 0 Å². The van der Waals surface area contributed by atoms with Crippen molar-refractivity contribution in [3.8, 4) is 11.9 Å². The standard InChI is InChI=1S/C22H30BrN5O3Si/c1-22(2,3)31-21(29)28(16-10-8-15(23)9-11-16)20-26-18(25-4)17(14-24)19(27-20)30-12-13-32(5,6)7/h8-11H,12-13H2,1-7H3,(H,25,26,27). The third kappa shape index (κ3) is 7.21. The summed E-state index contributed by atoms with van der Waals surface area (Å²) < 4.78 is 12.4. The fourth-order valence-electron chi connectivity index (χ4n) is 2.57. The number of carbonyl (C=O) groups is 1. The molecule has 2 aromatic rings. The molecule has 1 N–H and O–H groups in total. The van der Waals surface area contributed by atoms with Gasteiger partial charge in [0, 0.05) is 19.6 Å². The number of carbonyl (C=O) groups excluding carboxylic acids is 1. The summed E-state index contributed by atoms with van der Waals surface area (Å²) in [6.07, 6.45) is -0.639. The molecule has 1 heterocycles. The fraction of sp³-hybridized carbons (Fsp3) is 0.455. The summed E-state index contributed by atoms with van der Waals surface area (Å²) in [6, 6.07) is 10.1. The molecule has 0 spiro atoms. The third-order valence-electron chi connectivity index (χ3n) is 4.16. The Morgan fingerprint density at radius 2 is 1.84 bits per heavy atom. The van der Waals surface area contributed by atoms with Gasteiger partial charge in [-0.25, -0.2) is 9.69 Å². The zero-order valence-electron chi connectivity index (χ0n) is 19.6. The van der Waals surface area contributed by atoms with Crippen molar-refractivity contribution in [3.63, 3.8) is 0 Å². The molecule has 172 valence electrons. The van der Waals surface area contributed by atoms with Crippen molar-refractivity contribution in [2.75, 3.05) is 23.9 Å². The van der Waals surface area contributed by atoms with Crippen LogP contribution in [-0.4, -0.2) is 43.4 Å². The van der Waals surface area contributed by atoms with E-state index >= 15 is 0 Å². The number of ether oxygens (including phenoxy) is 2. The Morgan fingerprint density at radius 3 is 2.34 bits per heavy atom. The number of halogens is 1. The van der Waals surface area contributed by atoms with E-state index in [-0.39, 0.29) is 23.2 Å². The fourth-order valence-corrected chi connectivity index (χ4v) is 3.55. The molecule has 0 aliphatic heterocycles. The van der Waals surface area contributed by atoms with E-state index in [0.29, 0.717) is 12.3 Å². The van der Waals surface area contributed by atoms with Crippen LogP contribution in [0.5, 0.6) is 5.88 Å². The van der Waals surface area contributed by atoms with Crippen LogP contribution in [0.3, 0.4) is 0 Å². The summed E-state index contributed by atoms with van der Waals surface area (Å²) in [5.41, 5.74) is -0.0196. The van der Waals surface area contributed by atoms with Crippen molar-refractivity contribution in [2.24, 2.45) is 0 Å². The molecule has 1 aromatic carbocycles. The largest absolute Gasteiger partial charge is 0.477 e. The predicted molar refractivity (Wildman–Crippen MR) is 132 cm³/mol. The van der Waals surface area contributed by atoms with E-state index in [1.165, 1.54) is 4.90 Å². The Kier molecular flexibility index (Phi) is 8.26. The van der Waals surface area contributed by atoms with Crippen LogP contribution in [0.2, 0.25) is 25.7 Å². The van der Waals surface area contributed by atoms with Crippen molar-refractivity contribution in [2.45, 2.75) is 52.1 Å². The summed E-state index contributed by atoms with van der Waals surface area (Å²) in [5, 5.41) is 12.6. The average molecular weight is 521 g/mol. The van der Waals surface area contributed by atoms with Crippen LogP contribution in [-0.2, 0) is 4.74 Å². The first kappa shape index (κ1) is 25.6. The van der Waals surface area contributed by atoms with Crippen LogP contribution in [0.1, 0.15) is 26.3 Å². The van der Waals surface area contributed by atoms with Crippen molar-refractivity contribution in [1.82, 2.24) is 9.97 Å². The summed E-state index contributed by atoms with van der Waals surface area (Å²) in [4.78, 5) is 23.3. The number of nitriles is 1. The zero-order chi connectivity index (χ0) is 24.1. The second-order valence-electron chi connectivity index (χ2n) is 9.37. The second kappa shape index (κ2) is 10.3. The van der Waals surface area contributed by atoms with Gasteiger partial charge in [0.05, 0.1) is 12.3 Å². The van der Waals surface area contributed by atoms with Crippen LogP contribution in [0, 0.1) is 11.3 Å². The Hall–Kier alpha value is -2.64. The first-order chi connectivity index (χ1) is 14.8. The lowest BCUT2D eigenvalue weighted by atomic mass is 10.2. The van der Waals surface area contributed by atoms with Crippen LogP contribution in [0.15, 0.2) is 28.7 Å². The lowest BCUT2D eigenvalue weighted by molar-refractivity contribution is 0.0597.